The minimum Gasteiger partial charge on any atom is -0.151 e. The fourth-order valence-corrected chi connectivity index (χ4v) is 7.53. The normalized spacial score (nSPS) is 13.0. The van der Waals surface area contributed by atoms with E-state index in [1.165, 1.54) is 45.1 Å². The maximum atomic E-state index is 2.64. The second kappa shape index (κ2) is 9.25. The van der Waals surface area contributed by atoms with Crippen molar-refractivity contribution < 1.29 is 0 Å². The molecule has 0 fully saturated rings. The minimum absolute atomic E-state index is 1.20. The lowest BCUT2D eigenvalue weighted by Gasteiger charge is -2.43. The number of nitrogens with zero attached hydrogens (tertiary/aromatic N) is 3. The van der Waals surface area contributed by atoms with Gasteiger partial charge in [0.25, 0.3) is 0 Å². The quantitative estimate of drug-likeness (QED) is 0.562. The van der Waals surface area contributed by atoms with Gasteiger partial charge in [-0.2, -0.15) is 14.0 Å². The van der Waals surface area contributed by atoms with Gasteiger partial charge in [-0.25, -0.2) is 0 Å². The second-order valence-corrected chi connectivity index (χ2v) is 9.22. The number of hydrogen-bond acceptors (Lipinski definition) is 3. The molecule has 4 heteroatoms. The second-order valence-electron chi connectivity index (χ2n) is 5.15. The van der Waals surface area contributed by atoms with Crippen molar-refractivity contribution in [3.8, 4) is 0 Å². The molecular formula is C14H35N3P+. The van der Waals surface area contributed by atoms with Crippen molar-refractivity contribution in [3.63, 3.8) is 0 Å². The molecule has 0 unspecified atom stereocenters. The lowest BCUT2D eigenvalue weighted by molar-refractivity contribution is 0.366. The first-order valence-electron chi connectivity index (χ1n) is 7.53. The fourth-order valence-electron chi connectivity index (χ4n) is 2.96. The Morgan fingerprint density at radius 3 is 1.06 bits per heavy atom. The monoisotopic (exact) mass is 276 g/mol. The van der Waals surface area contributed by atoms with Gasteiger partial charge >= 0.3 is 0 Å². The van der Waals surface area contributed by atoms with Crippen LogP contribution in [0.5, 0.6) is 0 Å². The Hall–Kier alpha value is 0.310. The van der Waals surface area contributed by atoms with Gasteiger partial charge in [0.2, 0.25) is 7.71 Å². The van der Waals surface area contributed by atoms with Crippen molar-refractivity contribution in [3.05, 3.63) is 0 Å². The zero-order valence-corrected chi connectivity index (χ0v) is 14.6. The van der Waals surface area contributed by atoms with Crippen LogP contribution in [0, 0.1) is 0 Å². The molecule has 0 aromatic heterocycles. The van der Waals surface area contributed by atoms with Crippen molar-refractivity contribution >= 4 is 7.71 Å². The molecule has 110 valence electrons. The first kappa shape index (κ1) is 18.3. The van der Waals surface area contributed by atoms with Gasteiger partial charge in [0.15, 0.2) is 0 Å². The molecule has 0 aliphatic rings. The Bertz CT molecular complexity index is 180. The van der Waals surface area contributed by atoms with Gasteiger partial charge in [0.1, 0.15) is 6.16 Å². The third-order valence-corrected chi connectivity index (χ3v) is 8.44. The third kappa shape index (κ3) is 4.16. The van der Waals surface area contributed by atoms with E-state index in [1.807, 2.05) is 0 Å². The standard InChI is InChI=1S/C14H35N3P/c1-8-12-15(5)18(11-4,16(6)13-9-2)17(7)14-10-3/h8-14H2,1-7H3/q+1. The summed E-state index contributed by atoms with van der Waals surface area (Å²) in [6, 6.07) is 0. The van der Waals surface area contributed by atoms with E-state index in [2.05, 4.69) is 62.8 Å². The maximum Gasteiger partial charge on any atom is 0.226 e. The molecule has 3 nitrogen and oxygen atoms in total. The summed E-state index contributed by atoms with van der Waals surface area (Å²) in [7, 11) is 5.66. The molecule has 0 N–H and O–H groups in total. The Morgan fingerprint density at radius 1 is 0.611 bits per heavy atom. The Morgan fingerprint density at radius 2 is 0.889 bits per heavy atom. The molecule has 0 heterocycles. The van der Waals surface area contributed by atoms with Crippen LogP contribution in [0.3, 0.4) is 0 Å². The van der Waals surface area contributed by atoms with Gasteiger partial charge in [-0.05, 0) is 26.2 Å². The molecule has 0 aromatic rings. The summed E-state index contributed by atoms with van der Waals surface area (Å²) in [6.07, 6.45) is 4.95. The maximum absolute atomic E-state index is 2.64. The van der Waals surface area contributed by atoms with Crippen LogP contribution in [0.4, 0.5) is 0 Å². The summed E-state index contributed by atoms with van der Waals surface area (Å²) in [6.45, 7) is 12.8. The summed E-state index contributed by atoms with van der Waals surface area (Å²) in [5, 5.41) is 0. The van der Waals surface area contributed by atoms with Crippen LogP contribution in [-0.2, 0) is 0 Å². The molecule has 0 atom stereocenters. The summed E-state index contributed by atoms with van der Waals surface area (Å²) in [5.41, 5.74) is 0. The van der Waals surface area contributed by atoms with E-state index >= 15 is 0 Å². The van der Waals surface area contributed by atoms with Crippen molar-refractivity contribution in [2.75, 3.05) is 46.9 Å². The van der Waals surface area contributed by atoms with Crippen molar-refractivity contribution in [2.45, 2.75) is 47.0 Å². The molecule has 0 aromatic carbocycles. The van der Waals surface area contributed by atoms with Gasteiger partial charge in [0, 0.05) is 40.8 Å². The Labute approximate surface area is 116 Å². The molecule has 0 spiro atoms. The lowest BCUT2D eigenvalue weighted by Crippen LogP contribution is -2.43. The van der Waals surface area contributed by atoms with Crippen molar-refractivity contribution in [1.82, 2.24) is 14.0 Å². The summed E-state index contributed by atoms with van der Waals surface area (Å²) in [4.78, 5) is 0. The number of rotatable bonds is 10. The zero-order valence-electron chi connectivity index (χ0n) is 13.7. The van der Waals surface area contributed by atoms with Gasteiger partial charge in [0.05, 0.1) is 0 Å². The lowest BCUT2D eigenvalue weighted by atomic mass is 10.5. The van der Waals surface area contributed by atoms with E-state index in [-0.39, 0.29) is 0 Å². The van der Waals surface area contributed by atoms with Crippen LogP contribution < -0.4 is 0 Å². The van der Waals surface area contributed by atoms with E-state index in [1.54, 1.807) is 0 Å². The SMILES string of the molecule is CCCN(C)[P+](CC)(N(C)CCC)N(C)CCC. The molecule has 0 aliphatic carbocycles. The smallest absolute Gasteiger partial charge is 0.151 e. The van der Waals surface area contributed by atoms with Gasteiger partial charge in [-0.1, -0.05) is 20.8 Å². The summed E-state index contributed by atoms with van der Waals surface area (Å²) in [5.74, 6) is 0. The zero-order chi connectivity index (χ0) is 14.2. The average molecular weight is 276 g/mol. The van der Waals surface area contributed by atoms with E-state index in [4.69, 9.17) is 0 Å². The molecule has 0 rings (SSSR count). The Balaban J connectivity index is 5.16. The molecule has 0 aliphatic heterocycles. The molecule has 0 amide bonds. The number of hydrogen-bond donors (Lipinski definition) is 0. The van der Waals surface area contributed by atoms with E-state index in [0.717, 1.165) is 0 Å². The highest BCUT2D eigenvalue weighted by molar-refractivity contribution is 7.68. The largest absolute Gasteiger partial charge is 0.226 e. The van der Waals surface area contributed by atoms with E-state index in [0.29, 0.717) is 0 Å². The van der Waals surface area contributed by atoms with Crippen molar-refractivity contribution in [1.29, 1.82) is 0 Å². The first-order chi connectivity index (χ1) is 8.50. The predicted molar refractivity (Wildman–Crippen MR) is 86.2 cm³/mol. The molecule has 0 bridgehead atoms. The van der Waals surface area contributed by atoms with Gasteiger partial charge in [-0.3, -0.25) is 0 Å². The highest BCUT2D eigenvalue weighted by atomic mass is 31.2. The van der Waals surface area contributed by atoms with E-state index < -0.39 is 7.71 Å². The third-order valence-electron chi connectivity index (χ3n) is 3.71. The molecule has 18 heavy (non-hydrogen) atoms. The van der Waals surface area contributed by atoms with Crippen molar-refractivity contribution in [2.24, 2.45) is 0 Å². The first-order valence-corrected chi connectivity index (χ1v) is 9.37. The van der Waals surface area contributed by atoms with Crippen LogP contribution >= 0.6 is 7.71 Å². The Kier molecular flexibility index (Phi) is 9.41. The highest BCUT2D eigenvalue weighted by Gasteiger charge is 2.49. The molecule has 0 radical (unpaired) electrons. The van der Waals surface area contributed by atoms with Crippen LogP contribution in [-0.4, -0.2) is 61.0 Å². The summed E-state index contributed by atoms with van der Waals surface area (Å²) >= 11 is 0. The predicted octanol–water partition coefficient (Wildman–Crippen LogP) is 3.79. The van der Waals surface area contributed by atoms with Crippen LogP contribution in [0.1, 0.15) is 47.0 Å². The average Bonchev–Trinajstić information content (AvgIpc) is 2.31. The summed E-state index contributed by atoms with van der Waals surface area (Å²) < 4.78 is 7.91. The highest BCUT2D eigenvalue weighted by Crippen LogP contribution is 2.65. The molecular weight excluding hydrogens is 241 g/mol. The minimum atomic E-state index is -1.30. The fraction of sp³-hybridized carbons (Fsp3) is 1.00. The van der Waals surface area contributed by atoms with Crippen LogP contribution in [0.15, 0.2) is 0 Å². The topological polar surface area (TPSA) is 9.72 Å². The van der Waals surface area contributed by atoms with Gasteiger partial charge < -0.3 is 0 Å². The van der Waals surface area contributed by atoms with E-state index in [9.17, 15) is 0 Å². The van der Waals surface area contributed by atoms with Crippen LogP contribution in [0.2, 0.25) is 0 Å². The van der Waals surface area contributed by atoms with Crippen LogP contribution in [0.25, 0.3) is 0 Å². The van der Waals surface area contributed by atoms with Gasteiger partial charge in [-0.15, -0.1) is 0 Å². The molecule has 0 saturated carbocycles. The molecule has 0 saturated heterocycles.